The van der Waals surface area contributed by atoms with Gasteiger partial charge in [-0.3, -0.25) is 4.79 Å². The normalized spacial score (nSPS) is 12.1. The van der Waals surface area contributed by atoms with Gasteiger partial charge in [0.1, 0.15) is 0 Å². The van der Waals surface area contributed by atoms with Crippen LogP contribution in [-0.4, -0.2) is 30.8 Å². The molecule has 2 heterocycles. The topological polar surface area (TPSA) is 98.7 Å². The highest BCUT2D eigenvalue weighted by Gasteiger charge is 2.20. The summed E-state index contributed by atoms with van der Waals surface area (Å²) < 4.78 is 6.11. The lowest BCUT2D eigenvalue weighted by atomic mass is 10.2. The molecule has 0 aliphatic carbocycles. The van der Waals surface area contributed by atoms with Crippen LogP contribution in [0.5, 0.6) is 0 Å². The predicted octanol–water partition coefficient (Wildman–Crippen LogP) is 1.36. The summed E-state index contributed by atoms with van der Waals surface area (Å²) in [7, 11) is 1.67. The van der Waals surface area contributed by atoms with Gasteiger partial charge in [0.2, 0.25) is 12.2 Å². The fraction of sp³-hybridized carbons (Fsp3) is 0.214. The number of carbonyl (C=O) groups is 1. The molecule has 1 atom stereocenters. The van der Waals surface area contributed by atoms with Crippen LogP contribution in [0.25, 0.3) is 11.4 Å². The molecule has 1 aromatic carbocycles. The summed E-state index contributed by atoms with van der Waals surface area (Å²) in [5.41, 5.74) is 0.850. The molecule has 112 valence electrons. The highest BCUT2D eigenvalue weighted by atomic mass is 16.5. The van der Waals surface area contributed by atoms with E-state index in [1.165, 1.54) is 11.1 Å². The number of hydrogen-bond donors (Lipinski definition) is 1. The number of amides is 1. The fourth-order valence-corrected chi connectivity index (χ4v) is 1.99. The number of hydrogen-bond acceptors (Lipinski definition) is 6. The molecule has 1 N–H and O–H groups in total. The first-order chi connectivity index (χ1) is 10.6. The minimum atomic E-state index is -0.386. The van der Waals surface area contributed by atoms with Crippen LogP contribution in [-0.2, 0) is 7.05 Å². The Balaban J connectivity index is 1.80. The van der Waals surface area contributed by atoms with Crippen LogP contribution in [0.15, 0.2) is 41.2 Å². The lowest BCUT2D eigenvalue weighted by molar-refractivity contribution is 0.0923. The molecule has 0 bridgehead atoms. The second kappa shape index (κ2) is 5.76. The zero-order valence-electron chi connectivity index (χ0n) is 12.1. The smallest absolute Gasteiger partial charge is 0.289 e. The van der Waals surface area contributed by atoms with Gasteiger partial charge < -0.3 is 9.84 Å². The molecule has 2 aromatic heterocycles. The molecule has 0 aliphatic heterocycles. The van der Waals surface area contributed by atoms with Gasteiger partial charge in [-0.2, -0.15) is 10.1 Å². The monoisotopic (exact) mass is 298 g/mol. The molecule has 0 aliphatic rings. The van der Waals surface area contributed by atoms with Crippen molar-refractivity contribution in [2.75, 3.05) is 0 Å². The number of aromatic nitrogens is 5. The number of benzene rings is 1. The van der Waals surface area contributed by atoms with Crippen LogP contribution in [0.4, 0.5) is 0 Å². The van der Waals surface area contributed by atoms with Gasteiger partial charge in [-0.15, -0.1) is 0 Å². The van der Waals surface area contributed by atoms with Crippen molar-refractivity contribution in [3.63, 3.8) is 0 Å². The Morgan fingerprint density at radius 3 is 2.77 bits per heavy atom. The third kappa shape index (κ3) is 2.71. The van der Waals surface area contributed by atoms with Crippen molar-refractivity contribution in [1.82, 2.24) is 30.2 Å². The second-order valence-electron chi connectivity index (χ2n) is 4.73. The van der Waals surface area contributed by atoms with Crippen molar-refractivity contribution in [3.8, 4) is 11.4 Å². The van der Waals surface area contributed by atoms with E-state index in [-0.39, 0.29) is 17.8 Å². The number of rotatable bonds is 4. The van der Waals surface area contributed by atoms with Crippen LogP contribution in [0.1, 0.15) is 29.4 Å². The third-order valence-corrected chi connectivity index (χ3v) is 3.11. The molecule has 3 aromatic rings. The molecule has 1 amide bonds. The van der Waals surface area contributed by atoms with Gasteiger partial charge in [-0.05, 0) is 6.92 Å². The summed E-state index contributed by atoms with van der Waals surface area (Å²) in [6, 6.07) is 9.08. The maximum atomic E-state index is 12.3. The van der Waals surface area contributed by atoms with Crippen molar-refractivity contribution < 1.29 is 9.32 Å². The lowest BCUT2D eigenvalue weighted by Gasteiger charge is -2.08. The van der Waals surface area contributed by atoms with E-state index in [0.717, 1.165) is 5.56 Å². The molecule has 0 spiro atoms. The lowest BCUT2D eigenvalue weighted by Crippen LogP contribution is -2.29. The number of nitrogens with one attached hydrogen (secondary N) is 1. The summed E-state index contributed by atoms with van der Waals surface area (Å²) in [6.45, 7) is 1.76. The maximum absolute atomic E-state index is 12.3. The Morgan fingerprint density at radius 1 is 1.32 bits per heavy atom. The molecular formula is C14H14N6O2. The molecule has 3 rings (SSSR count). The van der Waals surface area contributed by atoms with E-state index in [0.29, 0.717) is 11.6 Å². The Kier molecular flexibility index (Phi) is 3.65. The molecule has 0 unspecified atom stereocenters. The zero-order valence-corrected chi connectivity index (χ0v) is 12.1. The Labute approximate surface area is 126 Å². The van der Waals surface area contributed by atoms with Crippen LogP contribution >= 0.6 is 0 Å². The number of aryl methyl sites for hydroxylation is 1. The van der Waals surface area contributed by atoms with E-state index in [9.17, 15) is 4.79 Å². The Hall–Kier alpha value is -3.03. The van der Waals surface area contributed by atoms with Crippen LogP contribution < -0.4 is 5.32 Å². The van der Waals surface area contributed by atoms with Crippen molar-refractivity contribution in [2.24, 2.45) is 7.05 Å². The van der Waals surface area contributed by atoms with Gasteiger partial charge in [-0.1, -0.05) is 35.5 Å². The van der Waals surface area contributed by atoms with Gasteiger partial charge in [0.25, 0.3) is 5.91 Å². The van der Waals surface area contributed by atoms with E-state index in [1.54, 1.807) is 14.0 Å². The van der Waals surface area contributed by atoms with Gasteiger partial charge in [0, 0.05) is 12.6 Å². The van der Waals surface area contributed by atoms with Gasteiger partial charge in [0.05, 0.1) is 6.04 Å². The van der Waals surface area contributed by atoms with Crippen LogP contribution in [0.3, 0.4) is 0 Å². The molecule has 0 radical (unpaired) electrons. The molecule has 0 saturated carbocycles. The minimum Gasteiger partial charge on any atom is -0.343 e. The average Bonchev–Trinajstić information content (AvgIpc) is 3.17. The summed E-state index contributed by atoms with van der Waals surface area (Å²) in [6.07, 6.45) is 1.22. The van der Waals surface area contributed by atoms with Crippen molar-refractivity contribution >= 4 is 5.91 Å². The van der Waals surface area contributed by atoms with E-state index in [2.05, 4.69) is 30.1 Å². The van der Waals surface area contributed by atoms with E-state index < -0.39 is 0 Å². The summed E-state index contributed by atoms with van der Waals surface area (Å²) in [5.74, 6) is 0.767. The quantitative estimate of drug-likeness (QED) is 0.780. The largest absolute Gasteiger partial charge is 0.343 e. The summed E-state index contributed by atoms with van der Waals surface area (Å²) in [5, 5.41) is 10.7. The van der Waals surface area contributed by atoms with E-state index in [1.807, 2.05) is 30.3 Å². The van der Waals surface area contributed by atoms with E-state index in [4.69, 9.17) is 0 Å². The number of nitrogens with zero attached hydrogens (tertiary/aromatic N) is 5. The first-order valence-electron chi connectivity index (χ1n) is 6.68. The van der Waals surface area contributed by atoms with E-state index >= 15 is 0 Å². The molecule has 8 nitrogen and oxygen atoms in total. The van der Waals surface area contributed by atoms with Gasteiger partial charge in [0.15, 0.2) is 11.6 Å². The average molecular weight is 298 g/mol. The highest BCUT2D eigenvalue weighted by molar-refractivity contribution is 5.91. The first kappa shape index (κ1) is 13.9. The van der Waals surface area contributed by atoms with Crippen molar-refractivity contribution in [1.29, 1.82) is 0 Å². The predicted molar refractivity (Wildman–Crippen MR) is 76.6 cm³/mol. The SMILES string of the molecule is C[C@H](NC(=O)c1nc(-c2ccccc2)nn1C)c1ncon1. The second-order valence-corrected chi connectivity index (χ2v) is 4.73. The summed E-state index contributed by atoms with van der Waals surface area (Å²) >= 11 is 0. The van der Waals surface area contributed by atoms with Crippen LogP contribution in [0.2, 0.25) is 0 Å². The first-order valence-corrected chi connectivity index (χ1v) is 6.68. The Bertz CT molecular complexity index is 766. The molecular weight excluding hydrogens is 284 g/mol. The Morgan fingerprint density at radius 2 is 2.09 bits per heavy atom. The molecule has 8 heteroatoms. The maximum Gasteiger partial charge on any atom is 0.289 e. The highest BCUT2D eigenvalue weighted by Crippen LogP contribution is 2.15. The molecule has 0 fully saturated rings. The van der Waals surface area contributed by atoms with Crippen LogP contribution in [0, 0.1) is 0 Å². The standard InChI is InChI=1S/C14H14N6O2/c1-9(11-15-8-22-19-11)16-14(21)13-17-12(18-20(13)2)10-6-4-3-5-7-10/h3-9H,1-2H3,(H,16,21)/t9-/m0/s1. The minimum absolute atomic E-state index is 0.217. The molecule has 22 heavy (non-hydrogen) atoms. The zero-order chi connectivity index (χ0) is 15.5. The third-order valence-electron chi connectivity index (χ3n) is 3.11. The molecule has 0 saturated heterocycles. The van der Waals surface area contributed by atoms with Crippen molar-refractivity contribution in [2.45, 2.75) is 13.0 Å². The van der Waals surface area contributed by atoms with Gasteiger partial charge in [-0.25, -0.2) is 9.67 Å². The summed E-state index contributed by atoms with van der Waals surface area (Å²) in [4.78, 5) is 20.5. The van der Waals surface area contributed by atoms with Gasteiger partial charge >= 0.3 is 0 Å². The number of carbonyl (C=O) groups excluding carboxylic acids is 1. The fourth-order valence-electron chi connectivity index (χ4n) is 1.99. The van der Waals surface area contributed by atoms with Crippen molar-refractivity contribution in [3.05, 3.63) is 48.4 Å².